The smallest absolute Gasteiger partial charge is 0.325 e. The minimum atomic E-state index is -0.448. The highest BCUT2D eigenvalue weighted by Gasteiger charge is 2.08. The Morgan fingerprint density at radius 3 is 2.82 bits per heavy atom. The monoisotopic (exact) mass is 236 g/mol. The zero-order valence-corrected chi connectivity index (χ0v) is 9.73. The van der Waals surface area contributed by atoms with E-state index in [-0.39, 0.29) is 12.5 Å². The second kappa shape index (κ2) is 6.65. The van der Waals surface area contributed by atoms with Gasteiger partial charge in [-0.05, 0) is 24.6 Å². The molecule has 0 fully saturated rings. The van der Waals surface area contributed by atoms with Crippen LogP contribution in [0.1, 0.15) is 22.8 Å². The van der Waals surface area contributed by atoms with E-state index in [4.69, 9.17) is 10.5 Å². The van der Waals surface area contributed by atoms with Crippen molar-refractivity contribution in [3.63, 3.8) is 0 Å². The van der Waals surface area contributed by atoms with Gasteiger partial charge >= 0.3 is 5.97 Å². The number of hydrogen-bond donors (Lipinski definition) is 2. The van der Waals surface area contributed by atoms with Gasteiger partial charge in [-0.3, -0.25) is 9.59 Å². The topological polar surface area (TPSA) is 81.4 Å². The summed E-state index contributed by atoms with van der Waals surface area (Å²) in [5.74, 6) is -0.760. The van der Waals surface area contributed by atoms with Gasteiger partial charge in [-0.2, -0.15) is 0 Å². The maximum Gasteiger partial charge on any atom is 0.325 e. The van der Waals surface area contributed by atoms with Crippen LogP contribution >= 0.6 is 0 Å². The fraction of sp³-hybridized carbons (Fsp3) is 0.333. The van der Waals surface area contributed by atoms with Crippen molar-refractivity contribution in [1.82, 2.24) is 5.32 Å². The summed E-state index contributed by atoms with van der Waals surface area (Å²) >= 11 is 0. The van der Waals surface area contributed by atoms with Gasteiger partial charge in [0.05, 0.1) is 6.61 Å². The van der Waals surface area contributed by atoms with Crippen LogP contribution in [0, 0.1) is 0 Å². The SMILES string of the molecule is CCOC(=O)CNC(=O)c1cccc(CN)c1. The third-order valence-corrected chi connectivity index (χ3v) is 2.12. The normalized spacial score (nSPS) is 9.76. The number of nitrogens with two attached hydrogens (primary N) is 1. The van der Waals surface area contributed by atoms with Crippen molar-refractivity contribution < 1.29 is 14.3 Å². The molecule has 17 heavy (non-hydrogen) atoms. The molecule has 0 aliphatic heterocycles. The lowest BCUT2D eigenvalue weighted by Gasteiger charge is -2.06. The van der Waals surface area contributed by atoms with Crippen molar-refractivity contribution in [3.8, 4) is 0 Å². The van der Waals surface area contributed by atoms with E-state index in [2.05, 4.69) is 5.32 Å². The molecule has 0 aromatic heterocycles. The van der Waals surface area contributed by atoms with E-state index in [0.717, 1.165) is 5.56 Å². The number of benzene rings is 1. The van der Waals surface area contributed by atoms with Gasteiger partial charge in [-0.1, -0.05) is 12.1 Å². The Morgan fingerprint density at radius 2 is 2.18 bits per heavy atom. The van der Waals surface area contributed by atoms with Crippen LogP contribution in [0.15, 0.2) is 24.3 Å². The number of hydrogen-bond acceptors (Lipinski definition) is 4. The second-order valence-corrected chi connectivity index (χ2v) is 3.39. The predicted octanol–water partition coefficient (Wildman–Crippen LogP) is 0.438. The summed E-state index contributed by atoms with van der Waals surface area (Å²) in [5, 5.41) is 2.48. The van der Waals surface area contributed by atoms with Crippen LogP contribution in [0.3, 0.4) is 0 Å². The lowest BCUT2D eigenvalue weighted by Crippen LogP contribution is -2.30. The van der Waals surface area contributed by atoms with Gasteiger partial charge in [0.25, 0.3) is 5.91 Å². The number of esters is 1. The first kappa shape index (κ1) is 13.2. The van der Waals surface area contributed by atoms with E-state index < -0.39 is 5.97 Å². The Balaban J connectivity index is 2.54. The van der Waals surface area contributed by atoms with Gasteiger partial charge in [0.15, 0.2) is 0 Å². The number of amides is 1. The van der Waals surface area contributed by atoms with Crippen LogP contribution in [-0.2, 0) is 16.1 Å². The minimum absolute atomic E-state index is 0.125. The van der Waals surface area contributed by atoms with Crippen LogP contribution in [0.4, 0.5) is 0 Å². The van der Waals surface area contributed by atoms with E-state index >= 15 is 0 Å². The van der Waals surface area contributed by atoms with Crippen LogP contribution in [0.2, 0.25) is 0 Å². The summed E-state index contributed by atoms with van der Waals surface area (Å²) in [6, 6.07) is 6.95. The Morgan fingerprint density at radius 1 is 1.41 bits per heavy atom. The first-order valence-corrected chi connectivity index (χ1v) is 5.40. The summed E-state index contributed by atoms with van der Waals surface area (Å²) < 4.78 is 4.70. The highest BCUT2D eigenvalue weighted by atomic mass is 16.5. The molecule has 0 spiro atoms. The highest BCUT2D eigenvalue weighted by Crippen LogP contribution is 2.04. The van der Waals surface area contributed by atoms with E-state index in [1.165, 1.54) is 0 Å². The van der Waals surface area contributed by atoms with Crippen LogP contribution in [0.25, 0.3) is 0 Å². The molecule has 0 atom stereocenters. The molecule has 0 radical (unpaired) electrons. The maximum absolute atomic E-state index is 11.7. The second-order valence-electron chi connectivity index (χ2n) is 3.39. The number of nitrogens with one attached hydrogen (secondary N) is 1. The van der Waals surface area contributed by atoms with Gasteiger partial charge < -0.3 is 15.8 Å². The molecule has 0 aliphatic rings. The molecule has 0 saturated carbocycles. The van der Waals surface area contributed by atoms with Crippen molar-refractivity contribution in [1.29, 1.82) is 0 Å². The number of carbonyl (C=O) groups excluding carboxylic acids is 2. The van der Waals surface area contributed by atoms with Crippen molar-refractivity contribution in [2.24, 2.45) is 5.73 Å². The van der Waals surface area contributed by atoms with Crippen molar-refractivity contribution in [2.45, 2.75) is 13.5 Å². The molecule has 3 N–H and O–H groups in total. The largest absolute Gasteiger partial charge is 0.465 e. The standard InChI is InChI=1S/C12H16N2O3/c1-2-17-11(15)8-14-12(16)10-5-3-4-9(6-10)7-13/h3-6H,2,7-8,13H2,1H3,(H,14,16). The Bertz CT molecular complexity index is 404. The maximum atomic E-state index is 11.7. The summed E-state index contributed by atoms with van der Waals surface area (Å²) in [5.41, 5.74) is 6.83. The molecule has 92 valence electrons. The Kier molecular flexibility index (Phi) is 5.16. The summed E-state index contributed by atoms with van der Waals surface area (Å²) in [7, 11) is 0. The van der Waals surface area contributed by atoms with Crippen molar-refractivity contribution in [3.05, 3.63) is 35.4 Å². The first-order chi connectivity index (χ1) is 8.17. The van der Waals surface area contributed by atoms with E-state index in [1.807, 2.05) is 6.07 Å². The van der Waals surface area contributed by atoms with Crippen LogP contribution in [0.5, 0.6) is 0 Å². The third kappa shape index (κ3) is 4.24. The fourth-order valence-corrected chi connectivity index (χ4v) is 1.31. The molecule has 0 saturated heterocycles. The molecule has 1 rings (SSSR count). The average molecular weight is 236 g/mol. The van der Waals surface area contributed by atoms with Gasteiger partial charge in [0, 0.05) is 12.1 Å². The zero-order valence-electron chi connectivity index (χ0n) is 9.73. The Hall–Kier alpha value is -1.88. The van der Waals surface area contributed by atoms with E-state index in [0.29, 0.717) is 18.7 Å². The number of rotatable bonds is 5. The minimum Gasteiger partial charge on any atom is -0.465 e. The summed E-state index contributed by atoms with van der Waals surface area (Å²) in [6.07, 6.45) is 0. The molecule has 1 aromatic carbocycles. The summed E-state index contributed by atoms with van der Waals surface area (Å²) in [6.45, 7) is 2.26. The molecule has 0 bridgehead atoms. The number of ether oxygens (including phenoxy) is 1. The highest BCUT2D eigenvalue weighted by molar-refractivity contribution is 5.96. The van der Waals surface area contributed by atoms with Crippen LogP contribution < -0.4 is 11.1 Å². The molecule has 5 nitrogen and oxygen atoms in total. The quantitative estimate of drug-likeness (QED) is 0.727. The molecule has 0 aliphatic carbocycles. The lowest BCUT2D eigenvalue weighted by molar-refractivity contribution is -0.141. The first-order valence-electron chi connectivity index (χ1n) is 5.40. The lowest BCUT2D eigenvalue weighted by atomic mass is 10.1. The fourth-order valence-electron chi connectivity index (χ4n) is 1.31. The molecule has 5 heteroatoms. The van der Waals surface area contributed by atoms with Crippen molar-refractivity contribution in [2.75, 3.05) is 13.2 Å². The molecule has 1 aromatic rings. The molecular formula is C12H16N2O3. The predicted molar refractivity (Wildman–Crippen MR) is 63.3 cm³/mol. The number of carbonyl (C=O) groups is 2. The Labute approximate surface area is 99.9 Å². The van der Waals surface area contributed by atoms with Crippen molar-refractivity contribution >= 4 is 11.9 Å². The van der Waals surface area contributed by atoms with Gasteiger partial charge in [-0.15, -0.1) is 0 Å². The molecular weight excluding hydrogens is 220 g/mol. The molecule has 0 heterocycles. The van der Waals surface area contributed by atoms with Gasteiger partial charge in [-0.25, -0.2) is 0 Å². The third-order valence-electron chi connectivity index (χ3n) is 2.12. The average Bonchev–Trinajstić information content (AvgIpc) is 2.36. The van der Waals surface area contributed by atoms with E-state index in [1.54, 1.807) is 25.1 Å². The van der Waals surface area contributed by atoms with E-state index in [9.17, 15) is 9.59 Å². The van der Waals surface area contributed by atoms with Crippen LogP contribution in [-0.4, -0.2) is 25.0 Å². The summed E-state index contributed by atoms with van der Waals surface area (Å²) in [4.78, 5) is 22.7. The molecule has 1 amide bonds. The van der Waals surface area contributed by atoms with Gasteiger partial charge in [0.2, 0.25) is 0 Å². The molecule has 0 unspecified atom stereocenters. The zero-order chi connectivity index (χ0) is 12.7. The van der Waals surface area contributed by atoms with Gasteiger partial charge in [0.1, 0.15) is 6.54 Å².